The van der Waals surface area contributed by atoms with E-state index in [1.807, 2.05) is 20.8 Å². The molecule has 1 aliphatic heterocycles. The minimum absolute atomic E-state index is 0.132. The highest BCUT2D eigenvalue weighted by atomic mass is 16.6. The second-order valence-corrected chi connectivity index (χ2v) is 6.04. The fraction of sp³-hybridized carbons (Fsp3) is 0.923. The van der Waals surface area contributed by atoms with Crippen LogP contribution in [0.5, 0.6) is 0 Å². The van der Waals surface area contributed by atoms with Gasteiger partial charge >= 0.3 is 6.09 Å². The Morgan fingerprint density at radius 3 is 2.47 bits per heavy atom. The van der Waals surface area contributed by atoms with Crippen molar-refractivity contribution in [1.82, 2.24) is 5.32 Å². The zero-order valence-corrected chi connectivity index (χ0v) is 11.6. The number of hydrogen-bond acceptors (Lipinski definition) is 3. The van der Waals surface area contributed by atoms with Crippen molar-refractivity contribution in [2.75, 3.05) is 13.2 Å². The predicted molar refractivity (Wildman–Crippen MR) is 66.9 cm³/mol. The van der Waals surface area contributed by atoms with Crippen molar-refractivity contribution in [2.45, 2.75) is 52.7 Å². The Labute approximate surface area is 104 Å². The van der Waals surface area contributed by atoms with Crippen molar-refractivity contribution in [3.63, 3.8) is 0 Å². The number of rotatable bonds is 3. The summed E-state index contributed by atoms with van der Waals surface area (Å²) in [5.41, 5.74) is -0.447. The maximum atomic E-state index is 11.8. The maximum absolute atomic E-state index is 11.8. The van der Waals surface area contributed by atoms with E-state index in [9.17, 15) is 4.79 Å². The van der Waals surface area contributed by atoms with E-state index in [0.29, 0.717) is 11.8 Å². The summed E-state index contributed by atoms with van der Waals surface area (Å²) in [6.45, 7) is 11.4. The molecule has 2 unspecified atom stereocenters. The normalized spacial score (nSPS) is 22.6. The van der Waals surface area contributed by atoms with E-state index in [2.05, 4.69) is 19.2 Å². The number of alkyl carbamates (subject to hydrolysis) is 1. The van der Waals surface area contributed by atoms with E-state index in [1.54, 1.807) is 0 Å². The van der Waals surface area contributed by atoms with E-state index < -0.39 is 5.60 Å². The molecule has 1 heterocycles. The number of nitrogens with one attached hydrogen (secondary N) is 1. The van der Waals surface area contributed by atoms with Gasteiger partial charge in [0.1, 0.15) is 5.60 Å². The second-order valence-electron chi connectivity index (χ2n) is 6.04. The number of ether oxygens (including phenoxy) is 2. The first kappa shape index (κ1) is 14.3. The highest BCUT2D eigenvalue weighted by Crippen LogP contribution is 2.22. The van der Waals surface area contributed by atoms with Crippen molar-refractivity contribution < 1.29 is 14.3 Å². The summed E-state index contributed by atoms with van der Waals surface area (Å²) in [7, 11) is 0. The first-order valence-electron chi connectivity index (χ1n) is 6.37. The summed E-state index contributed by atoms with van der Waals surface area (Å²) >= 11 is 0. The van der Waals surface area contributed by atoms with Crippen LogP contribution in [0.15, 0.2) is 0 Å². The Hall–Kier alpha value is -0.770. The largest absolute Gasteiger partial charge is 0.444 e. The standard InChI is InChI=1S/C13H25NO3/c1-9(2)11(10-6-7-16-8-10)14-12(15)17-13(3,4)5/h9-11H,6-8H2,1-5H3,(H,14,15). The third kappa shape index (κ3) is 4.94. The van der Waals surface area contributed by atoms with Gasteiger partial charge in [0.2, 0.25) is 0 Å². The third-order valence-electron chi connectivity index (χ3n) is 2.87. The number of carbonyl (C=O) groups is 1. The smallest absolute Gasteiger partial charge is 0.407 e. The molecule has 0 aliphatic carbocycles. The Morgan fingerprint density at radius 2 is 2.06 bits per heavy atom. The number of hydrogen-bond donors (Lipinski definition) is 1. The summed E-state index contributed by atoms with van der Waals surface area (Å²) in [4.78, 5) is 11.8. The van der Waals surface area contributed by atoms with Crippen molar-refractivity contribution >= 4 is 6.09 Å². The average molecular weight is 243 g/mol. The van der Waals surface area contributed by atoms with E-state index in [4.69, 9.17) is 9.47 Å². The van der Waals surface area contributed by atoms with Gasteiger partial charge in [-0.1, -0.05) is 13.8 Å². The molecule has 1 rings (SSSR count). The van der Waals surface area contributed by atoms with Crippen molar-refractivity contribution in [1.29, 1.82) is 0 Å². The lowest BCUT2D eigenvalue weighted by Crippen LogP contribution is -2.46. The molecular formula is C13H25NO3. The molecule has 0 radical (unpaired) electrons. The summed E-state index contributed by atoms with van der Waals surface area (Å²) in [6, 6.07) is 0.132. The molecular weight excluding hydrogens is 218 g/mol. The Kier molecular flexibility index (Phi) is 4.80. The van der Waals surface area contributed by atoms with Gasteiger partial charge in [-0.2, -0.15) is 0 Å². The molecule has 0 aromatic heterocycles. The van der Waals surface area contributed by atoms with Crippen LogP contribution >= 0.6 is 0 Å². The van der Waals surface area contributed by atoms with Crippen LogP contribution in [0.3, 0.4) is 0 Å². The molecule has 0 bridgehead atoms. The highest BCUT2D eigenvalue weighted by molar-refractivity contribution is 5.68. The number of amides is 1. The number of carbonyl (C=O) groups excluding carboxylic acids is 1. The zero-order chi connectivity index (χ0) is 13.1. The van der Waals surface area contributed by atoms with Gasteiger partial charge in [0, 0.05) is 18.6 Å². The van der Waals surface area contributed by atoms with E-state index in [-0.39, 0.29) is 12.1 Å². The van der Waals surface area contributed by atoms with Crippen LogP contribution in [0.4, 0.5) is 4.79 Å². The van der Waals surface area contributed by atoms with Gasteiger partial charge in [-0.25, -0.2) is 4.79 Å². The van der Waals surface area contributed by atoms with Crippen molar-refractivity contribution in [3.05, 3.63) is 0 Å². The second kappa shape index (κ2) is 5.71. The van der Waals surface area contributed by atoms with Crippen molar-refractivity contribution in [3.8, 4) is 0 Å². The topological polar surface area (TPSA) is 47.6 Å². The molecule has 2 atom stereocenters. The predicted octanol–water partition coefficient (Wildman–Crippen LogP) is 2.57. The van der Waals surface area contributed by atoms with Crippen LogP contribution in [0.1, 0.15) is 41.0 Å². The van der Waals surface area contributed by atoms with Crippen molar-refractivity contribution in [2.24, 2.45) is 11.8 Å². The van der Waals surface area contributed by atoms with Gasteiger partial charge in [0.15, 0.2) is 0 Å². The van der Waals surface area contributed by atoms with Gasteiger partial charge in [-0.3, -0.25) is 0 Å². The van der Waals surface area contributed by atoms with Crippen LogP contribution in [-0.2, 0) is 9.47 Å². The first-order valence-corrected chi connectivity index (χ1v) is 6.37. The minimum Gasteiger partial charge on any atom is -0.444 e. The van der Waals surface area contributed by atoms with E-state index in [0.717, 1.165) is 19.6 Å². The fourth-order valence-corrected chi connectivity index (χ4v) is 2.11. The van der Waals surface area contributed by atoms with Crippen LogP contribution in [0.25, 0.3) is 0 Å². The van der Waals surface area contributed by atoms with Gasteiger partial charge in [-0.15, -0.1) is 0 Å². The van der Waals surface area contributed by atoms with E-state index in [1.165, 1.54) is 0 Å². The van der Waals surface area contributed by atoms with Gasteiger partial charge in [0.05, 0.1) is 6.61 Å². The molecule has 0 saturated carbocycles. The molecule has 1 amide bonds. The Morgan fingerprint density at radius 1 is 1.41 bits per heavy atom. The van der Waals surface area contributed by atoms with Gasteiger partial charge in [0.25, 0.3) is 0 Å². The molecule has 4 nitrogen and oxygen atoms in total. The quantitative estimate of drug-likeness (QED) is 0.828. The monoisotopic (exact) mass is 243 g/mol. The molecule has 0 aromatic carbocycles. The molecule has 17 heavy (non-hydrogen) atoms. The highest BCUT2D eigenvalue weighted by Gasteiger charge is 2.30. The Bertz CT molecular complexity index is 252. The lowest BCUT2D eigenvalue weighted by Gasteiger charge is -2.29. The van der Waals surface area contributed by atoms with Gasteiger partial charge < -0.3 is 14.8 Å². The zero-order valence-electron chi connectivity index (χ0n) is 11.6. The summed E-state index contributed by atoms with van der Waals surface area (Å²) in [6.07, 6.45) is 0.682. The molecule has 1 N–H and O–H groups in total. The van der Waals surface area contributed by atoms with E-state index >= 15 is 0 Å². The molecule has 100 valence electrons. The molecule has 0 spiro atoms. The molecule has 4 heteroatoms. The summed E-state index contributed by atoms with van der Waals surface area (Å²) in [5.74, 6) is 0.789. The van der Waals surface area contributed by atoms with Crippen LogP contribution in [-0.4, -0.2) is 30.9 Å². The van der Waals surface area contributed by atoms with Crippen LogP contribution < -0.4 is 5.32 Å². The SMILES string of the molecule is CC(C)C(NC(=O)OC(C)(C)C)C1CCOC1. The average Bonchev–Trinajstić information content (AvgIpc) is 2.63. The lowest BCUT2D eigenvalue weighted by molar-refractivity contribution is 0.0460. The first-order chi connectivity index (χ1) is 7.79. The molecule has 1 saturated heterocycles. The molecule has 1 aliphatic rings. The fourth-order valence-electron chi connectivity index (χ4n) is 2.11. The van der Waals surface area contributed by atoms with Crippen LogP contribution in [0, 0.1) is 11.8 Å². The molecule has 1 fully saturated rings. The third-order valence-corrected chi connectivity index (χ3v) is 2.87. The summed E-state index contributed by atoms with van der Waals surface area (Å²) < 4.78 is 10.7. The molecule has 0 aromatic rings. The maximum Gasteiger partial charge on any atom is 0.407 e. The van der Waals surface area contributed by atoms with Crippen LogP contribution in [0.2, 0.25) is 0 Å². The summed E-state index contributed by atoms with van der Waals surface area (Å²) in [5, 5.41) is 2.97. The lowest BCUT2D eigenvalue weighted by atomic mass is 9.90. The Balaban J connectivity index is 2.52. The van der Waals surface area contributed by atoms with Gasteiger partial charge in [-0.05, 0) is 33.1 Å². The minimum atomic E-state index is -0.447.